The topological polar surface area (TPSA) is 64.6 Å². The van der Waals surface area contributed by atoms with Crippen LogP contribution in [0.3, 0.4) is 0 Å². The number of nitrogens with one attached hydrogen (secondary N) is 1. The summed E-state index contributed by atoms with van der Waals surface area (Å²) in [6.45, 7) is 0.231. The second kappa shape index (κ2) is 7.56. The lowest BCUT2D eigenvalue weighted by Gasteiger charge is -2.15. The van der Waals surface area contributed by atoms with E-state index in [9.17, 15) is 9.59 Å². The molecular formula is C23H19NO4. The Bertz CT molecular complexity index is 999. The fraction of sp³-hybridized carbons (Fsp3) is 0.130. The highest BCUT2D eigenvalue weighted by Gasteiger charge is 2.29. The van der Waals surface area contributed by atoms with E-state index in [1.54, 1.807) is 18.2 Å². The van der Waals surface area contributed by atoms with Crippen molar-refractivity contribution in [2.45, 2.75) is 5.92 Å². The van der Waals surface area contributed by atoms with Gasteiger partial charge >= 0.3 is 6.09 Å². The Kier molecular flexibility index (Phi) is 4.81. The maximum Gasteiger partial charge on any atom is 0.411 e. The summed E-state index contributed by atoms with van der Waals surface area (Å²) in [7, 11) is 1.48. The molecule has 0 aromatic heterocycles. The van der Waals surface area contributed by atoms with Crippen LogP contribution in [-0.4, -0.2) is 26.1 Å². The predicted octanol–water partition coefficient (Wildman–Crippen LogP) is 4.87. The highest BCUT2D eigenvalue weighted by molar-refractivity contribution is 5.88. The molecule has 0 unspecified atom stereocenters. The van der Waals surface area contributed by atoms with Gasteiger partial charge in [0.25, 0.3) is 0 Å². The molecule has 0 saturated heterocycles. The maximum absolute atomic E-state index is 12.4. The van der Waals surface area contributed by atoms with Crippen LogP contribution in [0.25, 0.3) is 11.1 Å². The molecule has 5 nitrogen and oxygen atoms in total. The van der Waals surface area contributed by atoms with Crippen LogP contribution < -0.4 is 10.1 Å². The van der Waals surface area contributed by atoms with Crippen LogP contribution in [0, 0.1) is 0 Å². The number of aldehydes is 1. The molecule has 5 heteroatoms. The fourth-order valence-electron chi connectivity index (χ4n) is 3.63. The maximum atomic E-state index is 12.4. The number of hydrogen-bond donors (Lipinski definition) is 1. The van der Waals surface area contributed by atoms with Crippen molar-refractivity contribution in [3.8, 4) is 16.9 Å². The quantitative estimate of drug-likeness (QED) is 0.648. The third-order valence-corrected chi connectivity index (χ3v) is 4.94. The van der Waals surface area contributed by atoms with Crippen molar-refractivity contribution in [1.29, 1.82) is 0 Å². The molecule has 140 valence electrons. The van der Waals surface area contributed by atoms with E-state index < -0.39 is 6.09 Å². The van der Waals surface area contributed by atoms with Crippen molar-refractivity contribution in [1.82, 2.24) is 0 Å². The summed E-state index contributed by atoms with van der Waals surface area (Å²) in [5.41, 5.74) is 5.59. The Balaban J connectivity index is 1.49. The molecule has 0 atom stereocenters. The van der Waals surface area contributed by atoms with E-state index in [0.29, 0.717) is 17.0 Å². The number of anilines is 1. The largest absolute Gasteiger partial charge is 0.495 e. The van der Waals surface area contributed by atoms with Gasteiger partial charge in [-0.15, -0.1) is 0 Å². The van der Waals surface area contributed by atoms with Crippen LogP contribution in [0.4, 0.5) is 10.5 Å². The molecule has 0 fully saturated rings. The SMILES string of the molecule is COc1cc(C=O)ccc1NC(=O)OCC1c2ccccc2-c2ccccc21. The molecule has 4 rings (SSSR count). The number of ether oxygens (including phenoxy) is 2. The highest BCUT2D eigenvalue weighted by Crippen LogP contribution is 2.44. The zero-order valence-corrected chi connectivity index (χ0v) is 15.3. The summed E-state index contributed by atoms with van der Waals surface area (Å²) in [5, 5.41) is 2.68. The molecule has 1 aliphatic carbocycles. The number of carbonyl (C=O) groups excluding carboxylic acids is 2. The van der Waals surface area contributed by atoms with E-state index in [2.05, 4.69) is 29.6 Å². The van der Waals surface area contributed by atoms with Crippen molar-refractivity contribution in [3.63, 3.8) is 0 Å². The lowest BCUT2D eigenvalue weighted by Crippen LogP contribution is -2.18. The molecule has 1 N–H and O–H groups in total. The Hall–Kier alpha value is -3.60. The van der Waals surface area contributed by atoms with E-state index >= 15 is 0 Å². The zero-order chi connectivity index (χ0) is 19.5. The monoisotopic (exact) mass is 373 g/mol. The normalized spacial score (nSPS) is 12.0. The molecule has 1 aliphatic rings. The molecule has 0 saturated carbocycles. The van der Waals surface area contributed by atoms with Crippen LogP contribution in [0.1, 0.15) is 27.4 Å². The number of carbonyl (C=O) groups is 2. The summed E-state index contributed by atoms with van der Waals surface area (Å²) < 4.78 is 10.8. The first-order valence-electron chi connectivity index (χ1n) is 8.96. The van der Waals surface area contributed by atoms with Gasteiger partial charge in [-0.2, -0.15) is 0 Å². The van der Waals surface area contributed by atoms with E-state index in [4.69, 9.17) is 9.47 Å². The number of methoxy groups -OCH3 is 1. The number of amides is 1. The molecule has 3 aromatic carbocycles. The Morgan fingerprint density at radius 3 is 2.25 bits per heavy atom. The summed E-state index contributed by atoms with van der Waals surface area (Å²) in [6.07, 6.45) is 0.151. The minimum Gasteiger partial charge on any atom is -0.495 e. The van der Waals surface area contributed by atoms with Gasteiger partial charge < -0.3 is 9.47 Å². The third kappa shape index (κ3) is 3.22. The van der Waals surface area contributed by atoms with Crippen LogP contribution >= 0.6 is 0 Å². The summed E-state index contributed by atoms with van der Waals surface area (Å²) in [5.74, 6) is 0.399. The van der Waals surface area contributed by atoms with Crippen LogP contribution in [0.15, 0.2) is 66.7 Å². The summed E-state index contributed by atoms with van der Waals surface area (Å²) in [6, 6.07) is 21.1. The van der Waals surface area contributed by atoms with E-state index in [-0.39, 0.29) is 12.5 Å². The van der Waals surface area contributed by atoms with E-state index in [0.717, 1.165) is 17.4 Å². The van der Waals surface area contributed by atoms with Crippen molar-refractivity contribution in [2.24, 2.45) is 0 Å². The average Bonchev–Trinajstić information content (AvgIpc) is 3.06. The van der Waals surface area contributed by atoms with Crippen LogP contribution in [-0.2, 0) is 4.74 Å². The first-order chi connectivity index (χ1) is 13.7. The van der Waals surface area contributed by atoms with Gasteiger partial charge in [-0.25, -0.2) is 4.79 Å². The van der Waals surface area contributed by atoms with Crippen molar-refractivity contribution in [3.05, 3.63) is 83.4 Å². The smallest absolute Gasteiger partial charge is 0.411 e. The zero-order valence-electron chi connectivity index (χ0n) is 15.3. The van der Waals surface area contributed by atoms with Crippen molar-refractivity contribution in [2.75, 3.05) is 19.0 Å². The Morgan fingerprint density at radius 1 is 1.00 bits per heavy atom. The average molecular weight is 373 g/mol. The lowest BCUT2D eigenvalue weighted by atomic mass is 9.98. The minimum atomic E-state index is -0.570. The molecule has 0 heterocycles. The molecule has 3 aromatic rings. The van der Waals surface area contributed by atoms with Crippen molar-refractivity contribution < 1.29 is 19.1 Å². The van der Waals surface area contributed by atoms with E-state index in [1.807, 2.05) is 24.3 Å². The molecule has 1 amide bonds. The van der Waals surface area contributed by atoms with Crippen LogP contribution in [0.5, 0.6) is 5.75 Å². The number of fused-ring (bicyclic) bond motifs is 3. The summed E-state index contributed by atoms with van der Waals surface area (Å²) >= 11 is 0. The van der Waals surface area contributed by atoms with Crippen molar-refractivity contribution >= 4 is 18.1 Å². The highest BCUT2D eigenvalue weighted by atomic mass is 16.5. The summed E-state index contributed by atoms with van der Waals surface area (Å²) in [4.78, 5) is 23.2. The third-order valence-electron chi connectivity index (χ3n) is 4.94. The minimum absolute atomic E-state index is 0.00233. The lowest BCUT2D eigenvalue weighted by molar-refractivity contribution is 0.112. The predicted molar refractivity (Wildman–Crippen MR) is 107 cm³/mol. The van der Waals surface area contributed by atoms with Crippen LogP contribution in [0.2, 0.25) is 0 Å². The van der Waals surface area contributed by atoms with Gasteiger partial charge in [0.2, 0.25) is 0 Å². The standard InChI is InChI=1S/C23H19NO4/c1-27-22-12-15(13-25)10-11-21(22)24-23(26)28-14-20-18-8-4-2-6-16(18)17-7-3-5-9-19(17)20/h2-13,20H,14H2,1H3,(H,24,26). The molecule has 0 spiro atoms. The van der Waals surface area contributed by atoms with Gasteiger partial charge in [0.05, 0.1) is 12.8 Å². The van der Waals surface area contributed by atoms with Gasteiger partial charge in [0, 0.05) is 11.5 Å². The first-order valence-corrected chi connectivity index (χ1v) is 8.96. The van der Waals surface area contributed by atoms with Gasteiger partial charge in [0.15, 0.2) is 0 Å². The molecule has 28 heavy (non-hydrogen) atoms. The Labute approximate surface area is 162 Å². The molecular weight excluding hydrogens is 354 g/mol. The van der Waals surface area contributed by atoms with Gasteiger partial charge in [-0.05, 0) is 40.5 Å². The van der Waals surface area contributed by atoms with Gasteiger partial charge in [-0.1, -0.05) is 48.5 Å². The Morgan fingerprint density at radius 2 is 1.64 bits per heavy atom. The molecule has 0 bridgehead atoms. The van der Waals surface area contributed by atoms with Gasteiger partial charge in [0.1, 0.15) is 18.6 Å². The molecule has 0 aliphatic heterocycles. The molecule has 0 radical (unpaired) electrons. The number of hydrogen-bond acceptors (Lipinski definition) is 4. The number of rotatable bonds is 5. The van der Waals surface area contributed by atoms with Gasteiger partial charge in [-0.3, -0.25) is 10.1 Å². The second-order valence-corrected chi connectivity index (χ2v) is 6.53. The second-order valence-electron chi connectivity index (χ2n) is 6.53. The first kappa shape index (κ1) is 17.8. The fourth-order valence-corrected chi connectivity index (χ4v) is 3.63. The number of benzene rings is 3. The van der Waals surface area contributed by atoms with E-state index in [1.165, 1.54) is 18.2 Å².